The number of ether oxygens (including phenoxy) is 1. The van der Waals surface area contributed by atoms with Crippen LogP contribution < -0.4 is 4.74 Å². The molecule has 2 aromatic rings. The van der Waals surface area contributed by atoms with Crippen LogP contribution >= 0.6 is 11.6 Å². The fourth-order valence-electron chi connectivity index (χ4n) is 1.69. The molecule has 0 unspecified atom stereocenters. The zero-order chi connectivity index (χ0) is 15.4. The topological polar surface area (TPSA) is 37.7 Å². The molecule has 110 valence electrons. The summed E-state index contributed by atoms with van der Waals surface area (Å²) in [4.78, 5) is 10.8. The molecule has 21 heavy (non-hydrogen) atoms. The van der Waals surface area contributed by atoms with Crippen LogP contribution in [0.3, 0.4) is 0 Å². The number of aryl methyl sites for hydroxylation is 2. The summed E-state index contributed by atoms with van der Waals surface area (Å²) < 4.78 is 5.79. The number of benzene rings is 1. The maximum atomic E-state index is 5.86. The average molecular weight is 304 g/mol. The SMILES string of the molecule is Cc1cc(N=CN(C)C)c(C)nc1Oc1ccc(Cl)cc1. The fraction of sp³-hybridized carbons (Fsp3) is 0.250. The van der Waals surface area contributed by atoms with Gasteiger partial charge in [-0.3, -0.25) is 0 Å². The second-order valence-electron chi connectivity index (χ2n) is 4.98. The zero-order valence-corrected chi connectivity index (χ0v) is 13.3. The van der Waals surface area contributed by atoms with Crippen LogP contribution in [0.2, 0.25) is 5.02 Å². The number of aliphatic imine (C=N–C) groups is 1. The molecule has 1 aromatic carbocycles. The summed E-state index contributed by atoms with van der Waals surface area (Å²) in [6.45, 7) is 3.86. The van der Waals surface area contributed by atoms with Gasteiger partial charge >= 0.3 is 0 Å². The summed E-state index contributed by atoms with van der Waals surface area (Å²) in [5.41, 5.74) is 2.59. The lowest BCUT2D eigenvalue weighted by Crippen LogP contribution is -2.07. The molecule has 0 atom stereocenters. The van der Waals surface area contributed by atoms with Crippen molar-refractivity contribution in [3.8, 4) is 11.6 Å². The van der Waals surface area contributed by atoms with E-state index in [4.69, 9.17) is 16.3 Å². The van der Waals surface area contributed by atoms with Gasteiger partial charge in [0.25, 0.3) is 0 Å². The van der Waals surface area contributed by atoms with E-state index in [0.717, 1.165) is 16.9 Å². The Hall–Kier alpha value is -2.07. The van der Waals surface area contributed by atoms with Crippen molar-refractivity contribution >= 4 is 23.6 Å². The van der Waals surface area contributed by atoms with E-state index in [1.54, 1.807) is 18.5 Å². The minimum atomic E-state index is 0.582. The molecule has 0 aliphatic rings. The minimum absolute atomic E-state index is 0.582. The van der Waals surface area contributed by atoms with E-state index >= 15 is 0 Å². The summed E-state index contributed by atoms with van der Waals surface area (Å²) in [6.07, 6.45) is 1.75. The Bertz CT molecular complexity index is 651. The number of rotatable bonds is 4. The van der Waals surface area contributed by atoms with E-state index in [0.29, 0.717) is 16.7 Å². The van der Waals surface area contributed by atoms with E-state index in [1.807, 2.05) is 51.0 Å². The quantitative estimate of drug-likeness (QED) is 0.622. The van der Waals surface area contributed by atoms with Crippen molar-refractivity contribution in [1.29, 1.82) is 0 Å². The number of hydrogen-bond acceptors (Lipinski definition) is 3. The highest BCUT2D eigenvalue weighted by atomic mass is 35.5. The third-order valence-corrected chi connectivity index (χ3v) is 3.04. The van der Waals surface area contributed by atoms with Gasteiger partial charge in [-0.05, 0) is 44.2 Å². The van der Waals surface area contributed by atoms with E-state index in [-0.39, 0.29) is 0 Å². The lowest BCUT2D eigenvalue weighted by molar-refractivity contribution is 0.458. The summed E-state index contributed by atoms with van der Waals surface area (Å²) in [5, 5.41) is 0.677. The molecule has 0 fully saturated rings. The van der Waals surface area contributed by atoms with Crippen LogP contribution in [0, 0.1) is 13.8 Å². The van der Waals surface area contributed by atoms with Gasteiger partial charge < -0.3 is 9.64 Å². The highest BCUT2D eigenvalue weighted by Crippen LogP contribution is 2.28. The molecule has 5 heteroatoms. The number of hydrogen-bond donors (Lipinski definition) is 0. The van der Waals surface area contributed by atoms with Crippen molar-refractivity contribution in [1.82, 2.24) is 9.88 Å². The van der Waals surface area contributed by atoms with E-state index in [1.165, 1.54) is 0 Å². The normalized spacial score (nSPS) is 10.9. The van der Waals surface area contributed by atoms with Gasteiger partial charge in [0.15, 0.2) is 0 Å². The van der Waals surface area contributed by atoms with Crippen LogP contribution in [0.25, 0.3) is 0 Å². The van der Waals surface area contributed by atoms with Gasteiger partial charge in [-0.2, -0.15) is 0 Å². The van der Waals surface area contributed by atoms with Crippen molar-refractivity contribution in [3.05, 3.63) is 46.6 Å². The standard InChI is InChI=1S/C16H18ClN3O/c1-11-9-15(18-10-20(3)4)12(2)19-16(11)21-14-7-5-13(17)6-8-14/h5-10H,1-4H3. The van der Waals surface area contributed by atoms with E-state index in [2.05, 4.69) is 9.98 Å². The van der Waals surface area contributed by atoms with Crippen LogP contribution in [0.4, 0.5) is 5.69 Å². The number of halogens is 1. The smallest absolute Gasteiger partial charge is 0.222 e. The second kappa shape index (κ2) is 6.59. The predicted octanol–water partition coefficient (Wildman–Crippen LogP) is 4.37. The largest absolute Gasteiger partial charge is 0.439 e. The first kappa shape index (κ1) is 15.3. The van der Waals surface area contributed by atoms with Gasteiger partial charge in [0, 0.05) is 24.7 Å². The van der Waals surface area contributed by atoms with Crippen molar-refractivity contribution in [3.63, 3.8) is 0 Å². The molecule has 0 spiro atoms. The summed E-state index contributed by atoms with van der Waals surface area (Å²) in [5.74, 6) is 1.29. The first-order valence-electron chi connectivity index (χ1n) is 6.58. The maximum absolute atomic E-state index is 5.86. The van der Waals surface area contributed by atoms with Crippen LogP contribution in [0.1, 0.15) is 11.3 Å². The first-order chi connectivity index (χ1) is 9.95. The highest BCUT2D eigenvalue weighted by molar-refractivity contribution is 6.30. The van der Waals surface area contributed by atoms with Gasteiger partial charge in [-0.1, -0.05) is 11.6 Å². The van der Waals surface area contributed by atoms with Gasteiger partial charge in [-0.25, -0.2) is 9.98 Å². The summed E-state index contributed by atoms with van der Waals surface area (Å²) in [7, 11) is 3.86. The Morgan fingerprint density at radius 1 is 1.19 bits per heavy atom. The van der Waals surface area contributed by atoms with Crippen molar-refractivity contribution < 1.29 is 4.74 Å². The molecule has 0 saturated heterocycles. The summed E-state index contributed by atoms with van der Waals surface area (Å²) in [6, 6.07) is 9.17. The van der Waals surface area contributed by atoms with Crippen LogP contribution in [-0.2, 0) is 0 Å². The average Bonchev–Trinajstić information content (AvgIpc) is 2.43. The van der Waals surface area contributed by atoms with Crippen molar-refractivity contribution in [2.75, 3.05) is 14.1 Å². The highest BCUT2D eigenvalue weighted by Gasteiger charge is 2.08. The van der Waals surface area contributed by atoms with Crippen molar-refractivity contribution in [2.24, 2.45) is 4.99 Å². The third-order valence-electron chi connectivity index (χ3n) is 2.79. The molecule has 0 N–H and O–H groups in total. The van der Waals surface area contributed by atoms with E-state index in [9.17, 15) is 0 Å². The molecule has 1 heterocycles. The van der Waals surface area contributed by atoms with Crippen LogP contribution in [0.5, 0.6) is 11.6 Å². The summed E-state index contributed by atoms with van der Waals surface area (Å²) >= 11 is 5.86. The molecule has 1 aromatic heterocycles. The van der Waals surface area contributed by atoms with Gasteiger partial charge in [0.1, 0.15) is 5.75 Å². The molecule has 4 nitrogen and oxygen atoms in total. The minimum Gasteiger partial charge on any atom is -0.439 e. The molecule has 0 bridgehead atoms. The van der Waals surface area contributed by atoms with Crippen LogP contribution in [0.15, 0.2) is 35.3 Å². The molecule has 0 radical (unpaired) electrons. The molecule has 0 saturated carbocycles. The lowest BCUT2D eigenvalue weighted by atomic mass is 10.2. The fourth-order valence-corrected chi connectivity index (χ4v) is 1.82. The molecular weight excluding hydrogens is 286 g/mol. The molecule has 2 rings (SSSR count). The first-order valence-corrected chi connectivity index (χ1v) is 6.96. The third kappa shape index (κ3) is 4.20. The molecule has 0 aliphatic heterocycles. The second-order valence-corrected chi connectivity index (χ2v) is 5.42. The van der Waals surface area contributed by atoms with Crippen molar-refractivity contribution in [2.45, 2.75) is 13.8 Å². The Morgan fingerprint density at radius 2 is 1.86 bits per heavy atom. The van der Waals surface area contributed by atoms with Gasteiger partial charge in [-0.15, -0.1) is 0 Å². The Kier molecular flexibility index (Phi) is 4.81. The number of aromatic nitrogens is 1. The van der Waals surface area contributed by atoms with Gasteiger partial charge in [0.05, 0.1) is 17.7 Å². The Balaban J connectivity index is 2.25. The molecule has 0 aliphatic carbocycles. The van der Waals surface area contributed by atoms with Crippen LogP contribution in [-0.4, -0.2) is 30.3 Å². The van der Waals surface area contributed by atoms with E-state index < -0.39 is 0 Å². The number of nitrogens with zero attached hydrogens (tertiary/aromatic N) is 3. The Morgan fingerprint density at radius 3 is 2.48 bits per heavy atom. The zero-order valence-electron chi connectivity index (χ0n) is 12.6. The molecule has 0 amide bonds. The molecular formula is C16H18ClN3O. The predicted molar refractivity (Wildman–Crippen MR) is 87.1 cm³/mol. The number of pyridine rings is 1. The Labute approximate surface area is 130 Å². The maximum Gasteiger partial charge on any atom is 0.222 e. The lowest BCUT2D eigenvalue weighted by Gasteiger charge is -2.10. The monoisotopic (exact) mass is 303 g/mol. The van der Waals surface area contributed by atoms with Gasteiger partial charge in [0.2, 0.25) is 5.88 Å².